The van der Waals surface area contributed by atoms with Crippen LogP contribution in [-0.4, -0.2) is 31.1 Å². The lowest BCUT2D eigenvalue weighted by Gasteiger charge is -2.19. The van der Waals surface area contributed by atoms with Crippen LogP contribution in [0.2, 0.25) is 0 Å². The first-order valence-electron chi connectivity index (χ1n) is 6.05. The van der Waals surface area contributed by atoms with Crippen molar-refractivity contribution in [1.82, 2.24) is 5.32 Å². The minimum atomic E-state index is -0.563. The fourth-order valence-corrected chi connectivity index (χ4v) is 2.96. The Morgan fingerprint density at radius 2 is 2.00 bits per heavy atom. The number of nitro groups is 1. The lowest BCUT2D eigenvalue weighted by atomic mass is 10.0. The molecule has 0 unspecified atom stereocenters. The molecule has 0 amide bonds. The van der Waals surface area contributed by atoms with Crippen molar-refractivity contribution in [3.63, 3.8) is 0 Å². The van der Waals surface area contributed by atoms with Crippen LogP contribution >= 0.6 is 0 Å². The highest BCUT2D eigenvalue weighted by Crippen LogP contribution is 2.35. The molecule has 0 saturated carbocycles. The van der Waals surface area contributed by atoms with Crippen LogP contribution in [0, 0.1) is 27.8 Å². The smallest absolute Gasteiger partial charge is 0.295 e. The Bertz CT molecular complexity index is 482. The normalized spacial score (nSPS) is 26.4. The van der Waals surface area contributed by atoms with Crippen molar-refractivity contribution in [3.8, 4) is 0 Å². The molecule has 1 N–H and O–H groups in total. The first-order chi connectivity index (χ1) is 8.65. The molecule has 2 atom stereocenters. The molecule has 1 aromatic rings. The Hall–Kier alpha value is -1.69. The van der Waals surface area contributed by atoms with Crippen molar-refractivity contribution in [2.24, 2.45) is 11.8 Å². The summed E-state index contributed by atoms with van der Waals surface area (Å²) in [6.45, 7) is 3.56. The highest BCUT2D eigenvalue weighted by Gasteiger charge is 2.38. The van der Waals surface area contributed by atoms with Crippen molar-refractivity contribution in [2.45, 2.75) is 0 Å². The van der Waals surface area contributed by atoms with Gasteiger partial charge in [0.2, 0.25) is 0 Å². The Labute approximate surface area is 104 Å². The fourth-order valence-electron chi connectivity index (χ4n) is 2.96. The quantitative estimate of drug-likeness (QED) is 0.637. The number of hydrogen-bond acceptors (Lipinski definition) is 4. The van der Waals surface area contributed by atoms with Gasteiger partial charge in [-0.15, -0.1) is 0 Å². The van der Waals surface area contributed by atoms with E-state index < -0.39 is 10.7 Å². The Balaban J connectivity index is 1.90. The molecule has 6 heteroatoms. The Morgan fingerprint density at radius 1 is 1.33 bits per heavy atom. The van der Waals surface area contributed by atoms with Gasteiger partial charge in [0.25, 0.3) is 5.69 Å². The maximum Gasteiger partial charge on any atom is 0.295 e. The summed E-state index contributed by atoms with van der Waals surface area (Å²) in [7, 11) is 0. The monoisotopic (exact) mass is 251 g/mol. The van der Waals surface area contributed by atoms with Gasteiger partial charge in [-0.25, -0.2) is 4.39 Å². The first kappa shape index (κ1) is 11.4. The van der Waals surface area contributed by atoms with Crippen molar-refractivity contribution >= 4 is 11.4 Å². The van der Waals surface area contributed by atoms with Crippen molar-refractivity contribution in [1.29, 1.82) is 0 Å². The second-order valence-corrected chi connectivity index (χ2v) is 4.97. The van der Waals surface area contributed by atoms with E-state index in [4.69, 9.17) is 0 Å². The summed E-state index contributed by atoms with van der Waals surface area (Å²) in [5.74, 6) is 0.538. The molecule has 2 fully saturated rings. The number of anilines is 1. The zero-order chi connectivity index (χ0) is 12.7. The summed E-state index contributed by atoms with van der Waals surface area (Å²) in [5, 5.41) is 14.3. The maximum atomic E-state index is 13.1. The number of rotatable bonds is 2. The molecule has 0 bridgehead atoms. The van der Waals surface area contributed by atoms with Crippen LogP contribution in [0.4, 0.5) is 15.8 Å². The standard InChI is InChI=1S/C12H14FN3O2/c13-10-1-2-11(12(3-10)16(17)18)15-6-8-4-14-5-9(8)7-15/h1-3,8-9,14H,4-7H2/t8-,9+. The number of benzene rings is 1. The van der Waals surface area contributed by atoms with Gasteiger partial charge in [0, 0.05) is 26.2 Å². The number of fused-ring (bicyclic) bond motifs is 1. The van der Waals surface area contributed by atoms with Crippen LogP contribution in [0.25, 0.3) is 0 Å². The predicted molar refractivity (Wildman–Crippen MR) is 65.1 cm³/mol. The minimum absolute atomic E-state index is 0.136. The molecule has 0 spiro atoms. The molecule has 2 saturated heterocycles. The SMILES string of the molecule is O=[N+]([O-])c1cc(F)ccc1N1C[C@H]2CNC[C@H]2C1. The van der Waals surface area contributed by atoms with Crippen molar-refractivity contribution < 1.29 is 9.31 Å². The van der Waals surface area contributed by atoms with E-state index in [2.05, 4.69) is 5.32 Å². The largest absolute Gasteiger partial charge is 0.365 e. The van der Waals surface area contributed by atoms with Crippen LogP contribution in [-0.2, 0) is 0 Å². The summed E-state index contributed by atoms with van der Waals surface area (Å²) < 4.78 is 13.1. The highest BCUT2D eigenvalue weighted by molar-refractivity contribution is 5.64. The Morgan fingerprint density at radius 3 is 2.61 bits per heavy atom. The average molecular weight is 251 g/mol. The lowest BCUT2D eigenvalue weighted by molar-refractivity contribution is -0.384. The molecule has 2 aliphatic heterocycles. The van der Waals surface area contributed by atoms with E-state index in [9.17, 15) is 14.5 Å². The van der Waals surface area contributed by atoms with Gasteiger partial charge in [-0.1, -0.05) is 0 Å². The van der Waals surface area contributed by atoms with E-state index in [0.29, 0.717) is 17.5 Å². The van der Waals surface area contributed by atoms with Gasteiger partial charge < -0.3 is 10.2 Å². The van der Waals surface area contributed by atoms with Crippen LogP contribution < -0.4 is 10.2 Å². The molecule has 96 valence electrons. The lowest BCUT2D eigenvalue weighted by Crippen LogP contribution is -2.26. The number of hydrogen-bond donors (Lipinski definition) is 1. The summed E-state index contributed by atoms with van der Waals surface area (Å²) in [4.78, 5) is 12.5. The van der Waals surface area contributed by atoms with Gasteiger partial charge in [0.1, 0.15) is 11.5 Å². The van der Waals surface area contributed by atoms with Gasteiger partial charge in [0.15, 0.2) is 0 Å². The van der Waals surface area contributed by atoms with Gasteiger partial charge in [-0.05, 0) is 24.0 Å². The average Bonchev–Trinajstić information content (AvgIpc) is 2.88. The van der Waals surface area contributed by atoms with Crippen molar-refractivity contribution in [2.75, 3.05) is 31.1 Å². The van der Waals surface area contributed by atoms with Crippen LogP contribution in [0.3, 0.4) is 0 Å². The third-order valence-electron chi connectivity index (χ3n) is 3.86. The van der Waals surface area contributed by atoms with Crippen LogP contribution in [0.1, 0.15) is 0 Å². The summed E-state index contributed by atoms with van der Waals surface area (Å²) in [5.41, 5.74) is 0.402. The summed E-state index contributed by atoms with van der Waals surface area (Å²) >= 11 is 0. The van der Waals surface area contributed by atoms with E-state index >= 15 is 0 Å². The molecule has 0 radical (unpaired) electrons. The molecular weight excluding hydrogens is 237 g/mol. The van der Waals surface area contributed by atoms with E-state index in [1.54, 1.807) is 0 Å². The molecule has 5 nitrogen and oxygen atoms in total. The van der Waals surface area contributed by atoms with Gasteiger partial charge in [0.05, 0.1) is 11.0 Å². The second kappa shape index (κ2) is 4.20. The number of nitro benzene ring substituents is 1. The van der Waals surface area contributed by atoms with E-state index in [0.717, 1.165) is 32.2 Å². The second-order valence-electron chi connectivity index (χ2n) is 4.97. The van der Waals surface area contributed by atoms with Gasteiger partial charge >= 0.3 is 0 Å². The third-order valence-corrected chi connectivity index (χ3v) is 3.86. The maximum absolute atomic E-state index is 13.1. The predicted octanol–water partition coefficient (Wildman–Crippen LogP) is 1.39. The zero-order valence-corrected chi connectivity index (χ0v) is 9.80. The number of nitrogens with zero attached hydrogens (tertiary/aromatic N) is 2. The fraction of sp³-hybridized carbons (Fsp3) is 0.500. The molecule has 3 rings (SSSR count). The molecule has 18 heavy (non-hydrogen) atoms. The molecule has 2 aliphatic rings. The van der Waals surface area contributed by atoms with E-state index in [-0.39, 0.29) is 5.69 Å². The molecule has 2 heterocycles. The topological polar surface area (TPSA) is 58.4 Å². The van der Waals surface area contributed by atoms with E-state index in [1.807, 2.05) is 4.90 Å². The molecule has 0 aliphatic carbocycles. The van der Waals surface area contributed by atoms with Crippen molar-refractivity contribution in [3.05, 3.63) is 34.1 Å². The molecular formula is C12H14FN3O2. The molecule has 0 aromatic heterocycles. The number of nitrogens with one attached hydrogen (secondary N) is 1. The highest BCUT2D eigenvalue weighted by atomic mass is 19.1. The zero-order valence-electron chi connectivity index (χ0n) is 9.80. The molecule has 1 aromatic carbocycles. The van der Waals surface area contributed by atoms with Crippen LogP contribution in [0.5, 0.6) is 0 Å². The summed E-state index contributed by atoms with van der Waals surface area (Å²) in [6, 6.07) is 3.80. The third kappa shape index (κ3) is 1.82. The van der Waals surface area contributed by atoms with Gasteiger partial charge in [-0.2, -0.15) is 0 Å². The van der Waals surface area contributed by atoms with Crippen LogP contribution in [0.15, 0.2) is 18.2 Å². The Kier molecular flexibility index (Phi) is 2.66. The van der Waals surface area contributed by atoms with E-state index in [1.165, 1.54) is 12.1 Å². The van der Waals surface area contributed by atoms with Gasteiger partial charge in [-0.3, -0.25) is 10.1 Å². The minimum Gasteiger partial charge on any atom is -0.365 e. The summed E-state index contributed by atoms with van der Waals surface area (Å²) in [6.07, 6.45) is 0. The number of halogens is 1. The first-order valence-corrected chi connectivity index (χ1v) is 6.05.